The van der Waals surface area contributed by atoms with E-state index in [0.29, 0.717) is 60.8 Å². The van der Waals surface area contributed by atoms with Crippen molar-refractivity contribution in [3.8, 4) is 46.0 Å². The number of aromatic hydroxyl groups is 2. The Morgan fingerprint density at radius 1 is 0.627 bits per heavy atom. The van der Waals surface area contributed by atoms with Crippen molar-refractivity contribution in [2.24, 2.45) is 0 Å². The Balaban J connectivity index is 0.727. The van der Waals surface area contributed by atoms with Crippen molar-refractivity contribution in [2.75, 3.05) is 75.4 Å². The number of alkyl halides is 4. The fourth-order valence-corrected chi connectivity index (χ4v) is 16.2. The van der Waals surface area contributed by atoms with E-state index in [1.54, 1.807) is 24.3 Å². The topological polar surface area (TPSA) is 190 Å². The van der Waals surface area contributed by atoms with Gasteiger partial charge in [0.1, 0.15) is 53.3 Å². The summed E-state index contributed by atoms with van der Waals surface area (Å²) in [6.07, 6.45) is 1.93. The maximum atomic E-state index is 17.4. The number of hydrogen-bond acceptors (Lipinski definition) is 18. The number of halogens is 8. The van der Waals surface area contributed by atoms with E-state index in [0.717, 1.165) is 76.6 Å². The Labute approximate surface area is 481 Å². The molecule has 0 amide bonds. The Morgan fingerprint density at radius 2 is 1.19 bits per heavy atom. The summed E-state index contributed by atoms with van der Waals surface area (Å²) < 4.78 is 106. The van der Waals surface area contributed by atoms with Crippen LogP contribution in [0.3, 0.4) is 0 Å². The van der Waals surface area contributed by atoms with Crippen molar-refractivity contribution in [1.29, 1.82) is 0 Å². The number of nitrogens with zero attached hydrogens (tertiary/aromatic N) is 13. The van der Waals surface area contributed by atoms with Crippen LogP contribution in [0.4, 0.5) is 38.0 Å². The van der Waals surface area contributed by atoms with Crippen LogP contribution >= 0.6 is 23.2 Å². The Bertz CT molecular complexity index is 3780. The predicted molar refractivity (Wildman–Crippen MR) is 296 cm³/mol. The molecule has 6 unspecified atom stereocenters. The monoisotopic (exact) mass is 1180 g/mol. The number of anilines is 2. The van der Waals surface area contributed by atoms with Gasteiger partial charge in [0, 0.05) is 97.4 Å². The molecule has 8 saturated heterocycles. The van der Waals surface area contributed by atoms with Crippen LogP contribution in [0.5, 0.6) is 23.5 Å². The number of benzene rings is 3. The number of piperazine rings is 2. The first-order valence-corrected chi connectivity index (χ1v) is 29.2. The third-order valence-electron chi connectivity index (χ3n) is 19.1. The van der Waals surface area contributed by atoms with Gasteiger partial charge in [0.2, 0.25) is 0 Å². The van der Waals surface area contributed by atoms with Crippen LogP contribution in [0.1, 0.15) is 69.8 Å². The summed E-state index contributed by atoms with van der Waals surface area (Å²) in [7, 11) is 0. The van der Waals surface area contributed by atoms with E-state index in [1.807, 2.05) is 4.90 Å². The third kappa shape index (κ3) is 8.96. The highest BCUT2D eigenvalue weighted by Crippen LogP contribution is 2.49. The number of phenols is 2. The van der Waals surface area contributed by atoms with Crippen LogP contribution in [0.2, 0.25) is 10.0 Å². The molecular formula is C57H56Cl2F6N14O4. The molecule has 12 heterocycles. The first kappa shape index (κ1) is 53.3. The van der Waals surface area contributed by atoms with Crippen molar-refractivity contribution in [2.45, 2.75) is 118 Å². The van der Waals surface area contributed by atoms with E-state index in [2.05, 4.69) is 50.3 Å². The van der Waals surface area contributed by atoms with Crippen molar-refractivity contribution in [3.05, 3.63) is 69.7 Å². The second kappa shape index (κ2) is 19.8. The Morgan fingerprint density at radius 3 is 1.82 bits per heavy atom. The number of hydrogen-bond donors (Lipinski definition) is 3. The molecule has 3 aromatic carbocycles. The van der Waals surface area contributed by atoms with E-state index in [4.69, 9.17) is 47.6 Å². The van der Waals surface area contributed by atoms with Gasteiger partial charge in [0.25, 0.3) is 0 Å². The molecule has 8 fully saturated rings. The standard InChI is InChI=1S/C57H56Cl2F6N14O4/c58-39-5-1-4-28-14-35(80)15-37(41(28)39)45-43(61)47-49(73-71-45)51(75-21-30-6-7-31(22-75)66-30)69-53(67-47)83-27-56-11-3-13-78(56)25-34(19-56)79-32-8-9-33(79)24-76(23-32)52-50-48(68-54(70-52)82-26-55-10-2-12-77(55)20-29(60)18-55)44(62)46(72-74-50)38-16-36(81)17-40(59)42(38)57(63,64)65/h1,4-5,14-17,29-34,66,80-81H,2-3,6-13,18-27H2/t29-,30?,31?,32?,33?,34?,55+,56?/m1/s1. The van der Waals surface area contributed by atoms with Gasteiger partial charge in [0.05, 0.1) is 21.7 Å². The quantitative estimate of drug-likeness (QED) is 0.104. The third-order valence-corrected chi connectivity index (χ3v) is 19.7. The van der Waals surface area contributed by atoms with Crippen LogP contribution in [0.15, 0.2) is 42.5 Å². The van der Waals surface area contributed by atoms with Crippen LogP contribution in [-0.4, -0.2) is 178 Å². The van der Waals surface area contributed by atoms with E-state index in [9.17, 15) is 27.8 Å². The molecule has 0 spiro atoms. The smallest absolute Gasteiger partial charge is 0.418 e. The molecule has 7 aromatic rings. The van der Waals surface area contributed by atoms with Gasteiger partial charge < -0.3 is 34.8 Å². The second-order valence-corrected chi connectivity index (χ2v) is 24.8. The number of fused-ring (bicyclic) bond motifs is 9. The molecule has 0 radical (unpaired) electrons. The highest BCUT2D eigenvalue weighted by atomic mass is 35.5. The number of rotatable bonds is 11. The molecule has 4 bridgehead atoms. The lowest BCUT2D eigenvalue weighted by atomic mass is 9.92. The average molecular weight is 1190 g/mol. The maximum Gasteiger partial charge on any atom is 0.418 e. The van der Waals surface area contributed by atoms with Crippen LogP contribution in [0.25, 0.3) is 55.4 Å². The first-order chi connectivity index (χ1) is 40.0. The van der Waals surface area contributed by atoms with Gasteiger partial charge in [-0.25, -0.2) is 13.2 Å². The zero-order valence-corrected chi connectivity index (χ0v) is 46.2. The fraction of sp³-hybridized carbons (Fsp3) is 0.509. The second-order valence-electron chi connectivity index (χ2n) is 24.0. The summed E-state index contributed by atoms with van der Waals surface area (Å²) in [5.74, 6) is -2.07. The molecule has 434 valence electrons. The molecule has 3 N–H and O–H groups in total. The summed E-state index contributed by atoms with van der Waals surface area (Å²) in [6.45, 7) is 4.98. The SMILES string of the molecule is Oc1cc(Cl)c(C(F)(F)F)c(-c2nnc3c(N4CC5CCC(C4)N5C4CN5CCCC5(COc5nc(N6CC7CCC(C6)N7)c6nnc(-c7cc(O)cc8cccc(Cl)c78)c(F)c6n5)C4)nc(OC[C@@]45CCCN4C[C@H](F)C5)nc3c2F)c1. The summed E-state index contributed by atoms with van der Waals surface area (Å²) in [4.78, 5) is 30.3. The van der Waals surface area contributed by atoms with E-state index < -0.39 is 68.2 Å². The van der Waals surface area contributed by atoms with Crippen LogP contribution in [0, 0.1) is 11.6 Å². The first-order valence-electron chi connectivity index (χ1n) is 28.4. The van der Waals surface area contributed by atoms with Crippen LogP contribution < -0.4 is 24.6 Å². The summed E-state index contributed by atoms with van der Waals surface area (Å²) >= 11 is 12.7. The summed E-state index contributed by atoms with van der Waals surface area (Å²) in [5, 5.41) is 42.8. The molecule has 8 atom stereocenters. The zero-order valence-electron chi connectivity index (χ0n) is 44.7. The molecule has 0 aliphatic carbocycles. The lowest BCUT2D eigenvalue weighted by molar-refractivity contribution is -0.137. The minimum absolute atomic E-state index is 0.00964. The van der Waals surface area contributed by atoms with E-state index in [-0.39, 0.29) is 108 Å². The van der Waals surface area contributed by atoms with Gasteiger partial charge in [-0.2, -0.15) is 33.1 Å². The highest BCUT2D eigenvalue weighted by Gasteiger charge is 2.55. The van der Waals surface area contributed by atoms with Gasteiger partial charge in [0.15, 0.2) is 34.3 Å². The van der Waals surface area contributed by atoms with Crippen molar-refractivity contribution < 1.29 is 46.0 Å². The molecule has 4 aromatic heterocycles. The van der Waals surface area contributed by atoms with Crippen molar-refractivity contribution in [3.63, 3.8) is 0 Å². The van der Waals surface area contributed by atoms with Crippen molar-refractivity contribution in [1.82, 2.24) is 60.3 Å². The van der Waals surface area contributed by atoms with Gasteiger partial charge in [-0.15, -0.1) is 20.4 Å². The molecule has 26 heteroatoms. The normalized spacial score (nSPS) is 28.1. The zero-order chi connectivity index (χ0) is 56.8. The molecule has 8 aliphatic rings. The van der Waals surface area contributed by atoms with Crippen LogP contribution in [-0.2, 0) is 6.18 Å². The van der Waals surface area contributed by atoms with Gasteiger partial charge >= 0.3 is 18.2 Å². The van der Waals surface area contributed by atoms with Gasteiger partial charge in [-0.1, -0.05) is 35.3 Å². The van der Waals surface area contributed by atoms with Gasteiger partial charge in [-0.3, -0.25) is 14.7 Å². The summed E-state index contributed by atoms with van der Waals surface area (Å²) in [6, 6.07) is 10.0. The lowest BCUT2D eigenvalue weighted by Gasteiger charge is -2.44. The number of phenolic OH excluding ortho intramolecular Hbond substituents is 2. The number of aromatic nitrogens is 8. The molecule has 83 heavy (non-hydrogen) atoms. The summed E-state index contributed by atoms with van der Waals surface area (Å²) in [5.41, 5.74) is -4.28. The largest absolute Gasteiger partial charge is 0.508 e. The highest BCUT2D eigenvalue weighted by molar-refractivity contribution is 6.36. The minimum Gasteiger partial charge on any atom is -0.508 e. The lowest BCUT2D eigenvalue weighted by Crippen LogP contribution is -2.58. The molecular weight excluding hydrogens is 1130 g/mol. The number of nitrogens with one attached hydrogen (secondary N) is 1. The molecule has 0 saturated carbocycles. The fourth-order valence-electron chi connectivity index (χ4n) is 15.6. The minimum atomic E-state index is -5.05. The Hall–Kier alpha value is -6.44. The van der Waals surface area contributed by atoms with Crippen molar-refractivity contribution >= 4 is 67.7 Å². The van der Waals surface area contributed by atoms with Gasteiger partial charge in [-0.05, 0) is 107 Å². The van der Waals surface area contributed by atoms with E-state index in [1.165, 1.54) is 6.07 Å². The average Bonchev–Trinajstić information content (AvgIpc) is 3.45. The molecule has 18 nitrogen and oxygen atoms in total. The van der Waals surface area contributed by atoms with E-state index >= 15 is 8.78 Å². The Kier molecular flexibility index (Phi) is 12.7. The molecule has 15 rings (SSSR count). The number of ether oxygens (including phenoxy) is 2. The predicted octanol–water partition coefficient (Wildman–Crippen LogP) is 8.89. The molecule has 8 aliphatic heterocycles. The maximum absolute atomic E-state index is 17.4.